The fraction of sp³-hybridized carbons (Fsp3) is 0.500. The van der Waals surface area contributed by atoms with Gasteiger partial charge in [-0.1, -0.05) is 18.2 Å². The lowest BCUT2D eigenvalue weighted by Crippen LogP contribution is -2.30. The molecule has 0 bridgehead atoms. The van der Waals surface area contributed by atoms with Crippen molar-refractivity contribution in [1.29, 1.82) is 0 Å². The van der Waals surface area contributed by atoms with Crippen LogP contribution in [0.3, 0.4) is 0 Å². The monoisotopic (exact) mass is 251 g/mol. The molecule has 0 radical (unpaired) electrons. The van der Waals surface area contributed by atoms with E-state index in [1.807, 2.05) is 0 Å². The van der Waals surface area contributed by atoms with Crippen molar-refractivity contribution < 1.29 is 13.9 Å². The summed E-state index contributed by atoms with van der Waals surface area (Å²) < 4.78 is 18.7. The molecule has 3 nitrogen and oxygen atoms in total. The summed E-state index contributed by atoms with van der Waals surface area (Å²) in [7, 11) is 1.66. The fourth-order valence-corrected chi connectivity index (χ4v) is 1.68. The van der Waals surface area contributed by atoms with Gasteiger partial charge in [0.2, 0.25) is 5.91 Å². The molecule has 0 atom stereocenters. The van der Waals surface area contributed by atoms with Gasteiger partial charge in [-0.05, 0) is 24.8 Å². The minimum atomic E-state index is -0.281. The van der Waals surface area contributed by atoms with Gasteiger partial charge in [0.25, 0.3) is 0 Å². The smallest absolute Gasteiger partial charge is 0.248 e. The number of ether oxygens (including phenoxy) is 1. The Morgan fingerprint density at radius 2 is 2.17 bits per heavy atom. The highest BCUT2D eigenvalue weighted by Crippen LogP contribution is 2.28. The van der Waals surface area contributed by atoms with Crippen LogP contribution in [-0.2, 0) is 16.1 Å². The van der Waals surface area contributed by atoms with Crippen LogP contribution in [-0.4, -0.2) is 31.1 Å². The van der Waals surface area contributed by atoms with Gasteiger partial charge < -0.3 is 9.64 Å². The molecule has 0 aromatic heterocycles. The number of amides is 1. The Labute approximate surface area is 107 Å². The van der Waals surface area contributed by atoms with E-state index >= 15 is 0 Å². The number of hydrogen-bond donors (Lipinski definition) is 0. The molecule has 1 saturated carbocycles. The van der Waals surface area contributed by atoms with Gasteiger partial charge in [-0.25, -0.2) is 4.39 Å². The molecule has 0 aliphatic heterocycles. The van der Waals surface area contributed by atoms with Crippen molar-refractivity contribution in [2.75, 3.05) is 20.3 Å². The van der Waals surface area contributed by atoms with Gasteiger partial charge in [-0.2, -0.15) is 0 Å². The number of benzene rings is 1. The second kappa shape index (κ2) is 5.96. The summed E-state index contributed by atoms with van der Waals surface area (Å²) in [4.78, 5) is 13.2. The molecule has 0 N–H and O–H groups in total. The Morgan fingerprint density at radius 1 is 1.44 bits per heavy atom. The molecule has 0 heterocycles. The highest BCUT2D eigenvalue weighted by atomic mass is 19.1. The van der Waals surface area contributed by atoms with Gasteiger partial charge in [0, 0.05) is 19.2 Å². The van der Waals surface area contributed by atoms with Crippen LogP contribution in [0.2, 0.25) is 0 Å². The van der Waals surface area contributed by atoms with E-state index in [0.717, 1.165) is 0 Å². The average molecular weight is 251 g/mol. The first kappa shape index (κ1) is 13.0. The summed E-state index contributed by atoms with van der Waals surface area (Å²) in [6, 6.07) is 6.49. The molecule has 1 aromatic carbocycles. The van der Waals surface area contributed by atoms with Crippen LogP contribution in [0.4, 0.5) is 4.39 Å². The maximum atomic E-state index is 13.4. The van der Waals surface area contributed by atoms with E-state index in [-0.39, 0.29) is 24.9 Å². The van der Waals surface area contributed by atoms with E-state index in [9.17, 15) is 9.18 Å². The van der Waals surface area contributed by atoms with Gasteiger partial charge >= 0.3 is 0 Å². The number of halogens is 1. The molecular formula is C14H18FNO2. The number of carbonyl (C=O) groups is 1. The Balaban J connectivity index is 1.77. The van der Waals surface area contributed by atoms with E-state index < -0.39 is 0 Å². The first-order valence-corrected chi connectivity index (χ1v) is 6.22. The first-order chi connectivity index (χ1) is 8.66. The molecule has 1 aromatic rings. The maximum Gasteiger partial charge on any atom is 0.248 e. The minimum absolute atomic E-state index is 0.0848. The maximum absolute atomic E-state index is 13.4. The number of carbonyl (C=O) groups excluding carboxylic acids is 1. The van der Waals surface area contributed by atoms with E-state index in [1.54, 1.807) is 25.2 Å². The molecular weight excluding hydrogens is 233 g/mol. The normalized spacial score (nSPS) is 14.6. The van der Waals surface area contributed by atoms with E-state index in [2.05, 4.69) is 0 Å². The van der Waals surface area contributed by atoms with Crippen LogP contribution in [0.1, 0.15) is 18.4 Å². The summed E-state index contributed by atoms with van der Waals surface area (Å²) in [5.41, 5.74) is 0.524. The Hall–Kier alpha value is -1.42. The Morgan fingerprint density at radius 3 is 2.83 bits per heavy atom. The SMILES string of the molecule is CN(Cc1ccccc1F)C(=O)COCC1CC1. The van der Waals surface area contributed by atoms with E-state index in [4.69, 9.17) is 4.74 Å². The molecule has 0 spiro atoms. The highest BCUT2D eigenvalue weighted by Gasteiger charge is 2.22. The van der Waals surface area contributed by atoms with Gasteiger partial charge in [0.1, 0.15) is 12.4 Å². The highest BCUT2D eigenvalue weighted by molar-refractivity contribution is 5.77. The molecule has 1 aliphatic carbocycles. The predicted molar refractivity (Wildman–Crippen MR) is 66.4 cm³/mol. The lowest BCUT2D eigenvalue weighted by molar-refractivity contribution is -0.135. The zero-order chi connectivity index (χ0) is 13.0. The van der Waals surface area contributed by atoms with Crippen LogP contribution in [0.15, 0.2) is 24.3 Å². The van der Waals surface area contributed by atoms with Crippen LogP contribution in [0.25, 0.3) is 0 Å². The molecule has 18 heavy (non-hydrogen) atoms. The average Bonchev–Trinajstić information content (AvgIpc) is 3.16. The summed E-state index contributed by atoms with van der Waals surface area (Å²) in [6.07, 6.45) is 2.42. The molecule has 1 fully saturated rings. The zero-order valence-electron chi connectivity index (χ0n) is 10.6. The zero-order valence-corrected chi connectivity index (χ0v) is 10.6. The standard InChI is InChI=1S/C14H18FNO2/c1-16(8-12-4-2-3-5-13(12)15)14(17)10-18-9-11-6-7-11/h2-5,11H,6-10H2,1H3. The van der Waals surface area contributed by atoms with Crippen molar-refractivity contribution in [3.63, 3.8) is 0 Å². The second-order valence-electron chi connectivity index (χ2n) is 4.80. The molecule has 0 saturated heterocycles. The lowest BCUT2D eigenvalue weighted by atomic mass is 10.2. The molecule has 1 aliphatic rings. The van der Waals surface area contributed by atoms with Gasteiger partial charge in [0.05, 0.1) is 6.61 Å². The molecule has 4 heteroatoms. The third kappa shape index (κ3) is 3.81. The molecule has 98 valence electrons. The predicted octanol–water partition coefficient (Wildman–Crippen LogP) is 2.21. The van der Waals surface area contributed by atoms with Gasteiger partial charge in [0.15, 0.2) is 0 Å². The van der Waals surface area contributed by atoms with Gasteiger partial charge in [-0.3, -0.25) is 4.79 Å². The third-order valence-corrected chi connectivity index (χ3v) is 3.07. The summed E-state index contributed by atoms with van der Waals surface area (Å²) in [5.74, 6) is 0.254. The van der Waals surface area contributed by atoms with E-state index in [0.29, 0.717) is 18.1 Å². The number of rotatable bonds is 6. The number of nitrogens with zero attached hydrogens (tertiary/aromatic N) is 1. The Kier molecular flexibility index (Phi) is 4.31. The van der Waals surface area contributed by atoms with E-state index in [1.165, 1.54) is 23.8 Å². The van der Waals surface area contributed by atoms with Crippen LogP contribution in [0.5, 0.6) is 0 Å². The van der Waals surface area contributed by atoms with Crippen molar-refractivity contribution in [2.24, 2.45) is 5.92 Å². The van der Waals surface area contributed by atoms with Crippen molar-refractivity contribution in [3.05, 3.63) is 35.6 Å². The summed E-state index contributed by atoms with van der Waals surface area (Å²) in [5, 5.41) is 0. The number of hydrogen-bond acceptors (Lipinski definition) is 2. The van der Waals surface area contributed by atoms with Crippen molar-refractivity contribution in [1.82, 2.24) is 4.90 Å². The molecule has 0 unspecified atom stereocenters. The summed E-state index contributed by atoms with van der Waals surface area (Å²) >= 11 is 0. The number of likely N-dealkylation sites (N-methyl/N-ethyl adjacent to an activating group) is 1. The van der Waals surface area contributed by atoms with Crippen molar-refractivity contribution in [2.45, 2.75) is 19.4 Å². The summed E-state index contributed by atoms with van der Waals surface area (Å²) in [6.45, 7) is 1.03. The van der Waals surface area contributed by atoms with Crippen molar-refractivity contribution >= 4 is 5.91 Å². The largest absolute Gasteiger partial charge is 0.371 e. The minimum Gasteiger partial charge on any atom is -0.371 e. The Bertz CT molecular complexity index is 418. The van der Waals surface area contributed by atoms with Crippen LogP contribution in [0, 0.1) is 11.7 Å². The lowest BCUT2D eigenvalue weighted by Gasteiger charge is -2.17. The fourth-order valence-electron chi connectivity index (χ4n) is 1.68. The van der Waals surface area contributed by atoms with Crippen LogP contribution < -0.4 is 0 Å². The topological polar surface area (TPSA) is 29.5 Å². The third-order valence-electron chi connectivity index (χ3n) is 3.07. The molecule has 1 amide bonds. The molecule has 2 rings (SSSR count). The quantitative estimate of drug-likeness (QED) is 0.775. The van der Waals surface area contributed by atoms with Gasteiger partial charge in [-0.15, -0.1) is 0 Å². The first-order valence-electron chi connectivity index (χ1n) is 6.22. The van der Waals surface area contributed by atoms with Crippen LogP contribution >= 0.6 is 0 Å². The second-order valence-corrected chi connectivity index (χ2v) is 4.80. The van der Waals surface area contributed by atoms with Crippen molar-refractivity contribution in [3.8, 4) is 0 Å².